The van der Waals surface area contributed by atoms with Gasteiger partial charge >= 0.3 is 5.97 Å². The Morgan fingerprint density at radius 2 is 2.00 bits per heavy atom. The second-order valence-corrected chi connectivity index (χ2v) is 8.08. The average Bonchev–Trinajstić information content (AvgIpc) is 2.56. The van der Waals surface area contributed by atoms with Gasteiger partial charge in [0, 0.05) is 22.4 Å². The predicted octanol–water partition coefficient (Wildman–Crippen LogP) is 2.90. The van der Waals surface area contributed by atoms with E-state index in [1.807, 2.05) is 6.07 Å². The Bertz CT molecular complexity index is 704. The molecule has 0 radical (unpaired) electrons. The van der Waals surface area contributed by atoms with Crippen molar-refractivity contribution < 1.29 is 19.5 Å². The molecule has 6 nitrogen and oxygen atoms in total. The van der Waals surface area contributed by atoms with Gasteiger partial charge in [0.2, 0.25) is 11.8 Å². The molecule has 1 unspecified atom stereocenters. The summed E-state index contributed by atoms with van der Waals surface area (Å²) in [4.78, 5) is 36.3. The van der Waals surface area contributed by atoms with E-state index in [1.165, 1.54) is 11.8 Å². The van der Waals surface area contributed by atoms with Gasteiger partial charge in [-0.15, -0.1) is 11.8 Å². The average molecular weight is 383 g/mol. The number of halogens is 1. The highest BCUT2D eigenvalue weighted by Crippen LogP contribution is 2.38. The maximum atomic E-state index is 12.3. The maximum absolute atomic E-state index is 12.3. The van der Waals surface area contributed by atoms with E-state index in [-0.39, 0.29) is 30.2 Å². The third-order valence-corrected chi connectivity index (χ3v) is 6.08. The Morgan fingerprint density at radius 3 is 2.68 bits per heavy atom. The second kappa shape index (κ2) is 7.66. The van der Waals surface area contributed by atoms with Crippen molar-refractivity contribution in [1.82, 2.24) is 5.32 Å². The Morgan fingerprint density at radius 1 is 1.28 bits per heavy atom. The first-order valence-electron chi connectivity index (χ1n) is 8.21. The minimum absolute atomic E-state index is 0.00848. The Hall–Kier alpha value is -1.73. The Kier molecular flexibility index (Phi) is 5.54. The number of carbonyl (C=O) groups is 3. The van der Waals surface area contributed by atoms with Crippen LogP contribution in [0.15, 0.2) is 23.1 Å². The zero-order valence-corrected chi connectivity index (χ0v) is 15.0. The number of benzene rings is 1. The molecular formula is C17H19ClN2O4S. The smallest absolute Gasteiger partial charge is 0.306 e. The van der Waals surface area contributed by atoms with Crippen molar-refractivity contribution in [3.8, 4) is 0 Å². The van der Waals surface area contributed by atoms with Crippen LogP contribution in [-0.4, -0.2) is 34.2 Å². The normalized spacial score (nSPS) is 25.6. The van der Waals surface area contributed by atoms with Crippen LogP contribution in [0.5, 0.6) is 0 Å². The van der Waals surface area contributed by atoms with Crippen molar-refractivity contribution in [3.05, 3.63) is 23.2 Å². The highest BCUT2D eigenvalue weighted by molar-refractivity contribution is 8.01. The lowest BCUT2D eigenvalue weighted by atomic mass is 9.86. The van der Waals surface area contributed by atoms with Crippen molar-refractivity contribution in [2.75, 3.05) is 5.32 Å². The van der Waals surface area contributed by atoms with Crippen LogP contribution < -0.4 is 10.6 Å². The van der Waals surface area contributed by atoms with Gasteiger partial charge in [0.25, 0.3) is 0 Å². The largest absolute Gasteiger partial charge is 0.481 e. The minimum atomic E-state index is -0.765. The summed E-state index contributed by atoms with van der Waals surface area (Å²) in [5, 5.41) is 14.8. The summed E-state index contributed by atoms with van der Waals surface area (Å²) in [6.45, 7) is 0. The van der Waals surface area contributed by atoms with Crippen LogP contribution >= 0.6 is 23.4 Å². The highest BCUT2D eigenvalue weighted by Gasteiger charge is 2.31. The van der Waals surface area contributed by atoms with Gasteiger partial charge in [-0.1, -0.05) is 11.6 Å². The summed E-state index contributed by atoms with van der Waals surface area (Å²) < 4.78 is 0. The number of carbonyl (C=O) groups excluding carboxylic acids is 2. The number of aliphatic carboxylic acids is 1. The summed E-state index contributed by atoms with van der Waals surface area (Å²) >= 11 is 7.28. The lowest BCUT2D eigenvalue weighted by molar-refractivity contribution is -0.142. The molecule has 2 amide bonds. The van der Waals surface area contributed by atoms with Crippen LogP contribution in [-0.2, 0) is 14.4 Å². The Labute approximate surface area is 154 Å². The van der Waals surface area contributed by atoms with E-state index >= 15 is 0 Å². The molecular weight excluding hydrogens is 364 g/mol. The van der Waals surface area contributed by atoms with Crippen LogP contribution in [0.3, 0.4) is 0 Å². The third kappa shape index (κ3) is 4.46. The van der Waals surface area contributed by atoms with Crippen LogP contribution in [0.1, 0.15) is 32.1 Å². The molecule has 1 atom stereocenters. The molecule has 0 aromatic heterocycles. The van der Waals surface area contributed by atoms with Crippen molar-refractivity contribution in [1.29, 1.82) is 0 Å². The van der Waals surface area contributed by atoms with E-state index in [0.717, 1.165) is 4.90 Å². The van der Waals surface area contributed by atoms with E-state index < -0.39 is 11.2 Å². The van der Waals surface area contributed by atoms with Crippen molar-refractivity contribution >= 4 is 46.8 Å². The summed E-state index contributed by atoms with van der Waals surface area (Å²) in [6, 6.07) is 5.27. The topological polar surface area (TPSA) is 95.5 Å². The van der Waals surface area contributed by atoms with Gasteiger partial charge in [0.1, 0.15) is 0 Å². The van der Waals surface area contributed by atoms with Crippen molar-refractivity contribution in [2.45, 2.75) is 48.3 Å². The molecule has 1 heterocycles. The van der Waals surface area contributed by atoms with E-state index in [9.17, 15) is 14.4 Å². The molecule has 1 fully saturated rings. The molecule has 25 heavy (non-hydrogen) atoms. The number of rotatable bonds is 4. The number of thioether (sulfide) groups is 1. The predicted molar refractivity (Wildman–Crippen MR) is 95.9 cm³/mol. The first kappa shape index (κ1) is 18.1. The zero-order chi connectivity index (χ0) is 18.0. The minimum Gasteiger partial charge on any atom is -0.481 e. The summed E-state index contributed by atoms with van der Waals surface area (Å²) in [6.07, 6.45) is 2.57. The van der Waals surface area contributed by atoms with Gasteiger partial charge in [-0.2, -0.15) is 0 Å². The second-order valence-electron chi connectivity index (χ2n) is 6.39. The number of fused-ring (bicyclic) bond motifs is 1. The fraction of sp³-hybridized carbons (Fsp3) is 0.471. The van der Waals surface area contributed by atoms with E-state index in [0.29, 0.717) is 36.4 Å². The van der Waals surface area contributed by atoms with E-state index in [2.05, 4.69) is 10.6 Å². The number of amides is 2. The summed E-state index contributed by atoms with van der Waals surface area (Å²) in [7, 11) is 0. The number of nitrogens with one attached hydrogen (secondary N) is 2. The molecule has 1 aromatic rings. The van der Waals surface area contributed by atoms with Gasteiger partial charge in [0.15, 0.2) is 0 Å². The van der Waals surface area contributed by atoms with Crippen LogP contribution in [0.4, 0.5) is 5.69 Å². The molecule has 3 rings (SSSR count). The van der Waals surface area contributed by atoms with Crippen LogP contribution in [0.25, 0.3) is 0 Å². The van der Waals surface area contributed by atoms with Gasteiger partial charge in [0.05, 0.1) is 16.9 Å². The van der Waals surface area contributed by atoms with Gasteiger partial charge < -0.3 is 15.7 Å². The SMILES string of the molecule is O=C(CC1Sc2ccc(Cl)cc2NC1=O)NC1CCC(C(=O)O)CC1. The summed E-state index contributed by atoms with van der Waals surface area (Å²) in [5.74, 6) is -1.46. The first-order chi connectivity index (χ1) is 11.9. The molecule has 2 aliphatic rings. The lowest BCUT2D eigenvalue weighted by Gasteiger charge is -2.28. The fourth-order valence-corrected chi connectivity index (χ4v) is 4.46. The monoisotopic (exact) mass is 382 g/mol. The summed E-state index contributed by atoms with van der Waals surface area (Å²) in [5.41, 5.74) is 0.672. The van der Waals surface area contributed by atoms with E-state index in [4.69, 9.17) is 16.7 Å². The maximum Gasteiger partial charge on any atom is 0.306 e. The third-order valence-electron chi connectivity index (χ3n) is 4.57. The molecule has 0 bridgehead atoms. The molecule has 3 N–H and O–H groups in total. The van der Waals surface area contributed by atoms with Crippen LogP contribution in [0.2, 0.25) is 5.02 Å². The molecule has 1 aliphatic carbocycles. The molecule has 0 saturated heterocycles. The molecule has 134 valence electrons. The molecule has 1 aliphatic heterocycles. The fourth-order valence-electron chi connectivity index (χ4n) is 3.20. The van der Waals surface area contributed by atoms with Gasteiger partial charge in [-0.25, -0.2) is 0 Å². The molecule has 8 heteroatoms. The molecule has 1 saturated carbocycles. The van der Waals surface area contributed by atoms with Crippen molar-refractivity contribution in [3.63, 3.8) is 0 Å². The van der Waals surface area contributed by atoms with E-state index in [1.54, 1.807) is 12.1 Å². The van der Waals surface area contributed by atoms with Gasteiger partial charge in [-0.05, 0) is 43.9 Å². The number of carboxylic acid groups (broad SMARTS) is 1. The molecule has 0 spiro atoms. The molecule has 1 aromatic carbocycles. The number of carboxylic acids is 1. The number of hydrogen-bond acceptors (Lipinski definition) is 4. The zero-order valence-electron chi connectivity index (χ0n) is 13.5. The van der Waals surface area contributed by atoms with Crippen LogP contribution in [0, 0.1) is 5.92 Å². The number of hydrogen-bond donors (Lipinski definition) is 3. The van der Waals surface area contributed by atoms with Gasteiger partial charge in [-0.3, -0.25) is 14.4 Å². The lowest BCUT2D eigenvalue weighted by Crippen LogP contribution is -2.41. The Balaban J connectivity index is 1.52. The number of anilines is 1. The first-order valence-corrected chi connectivity index (χ1v) is 9.47. The standard InChI is InChI=1S/C17H19ClN2O4S/c18-10-3-6-13-12(7-10)20-16(22)14(25-13)8-15(21)19-11-4-1-9(2-5-11)17(23)24/h3,6-7,9,11,14H,1-2,4-5,8H2,(H,19,21)(H,20,22)(H,23,24). The quantitative estimate of drug-likeness (QED) is 0.744. The highest BCUT2D eigenvalue weighted by atomic mass is 35.5. The van der Waals surface area contributed by atoms with Crippen molar-refractivity contribution in [2.24, 2.45) is 5.92 Å².